The maximum absolute atomic E-state index is 13.5. The van der Waals surface area contributed by atoms with Gasteiger partial charge in [-0.15, -0.1) is 17.8 Å². The summed E-state index contributed by atoms with van der Waals surface area (Å²) in [6, 6.07) is 15.9. The Kier molecular flexibility index (Phi) is 6.60. The molecule has 2 heterocycles. The standard InChI is InChI=1S/C28H23F3N2O3S2/c1-3-17-7-4-5-9-21(17)25(33-38(35,36)20-11-12-20)24-15-18-8-6-10-22(26(18)37-24)23-16-19(13-14-32-23)27(2,34)28(29,30)31/h1,4-10,13-16,20,25,33-34H,11-12H2,2H3/t25?,27-/m1/s1. The predicted octanol–water partition coefficient (Wildman–Crippen LogP) is 5.89. The summed E-state index contributed by atoms with van der Waals surface area (Å²) in [4.78, 5) is 4.95. The molecule has 0 spiro atoms. The average Bonchev–Trinajstić information content (AvgIpc) is 3.66. The van der Waals surface area contributed by atoms with Crippen molar-refractivity contribution >= 4 is 31.4 Å². The molecule has 1 aliphatic carbocycles. The normalized spacial score (nSPS) is 16.6. The smallest absolute Gasteiger partial charge is 0.376 e. The van der Waals surface area contributed by atoms with E-state index in [0.717, 1.165) is 11.5 Å². The summed E-state index contributed by atoms with van der Waals surface area (Å²) in [7, 11) is -3.60. The van der Waals surface area contributed by atoms with Gasteiger partial charge in [0.25, 0.3) is 0 Å². The zero-order valence-corrected chi connectivity index (χ0v) is 21.8. The molecule has 0 radical (unpaired) electrons. The summed E-state index contributed by atoms with van der Waals surface area (Å²) < 4.78 is 70.0. The summed E-state index contributed by atoms with van der Waals surface area (Å²) in [5.74, 6) is 2.62. The van der Waals surface area contributed by atoms with Gasteiger partial charge in [0.1, 0.15) is 0 Å². The van der Waals surface area contributed by atoms with Crippen LogP contribution in [-0.2, 0) is 15.6 Å². The molecular formula is C28H23F3N2O3S2. The molecule has 5 nitrogen and oxygen atoms in total. The summed E-state index contributed by atoms with van der Waals surface area (Å²) in [6.07, 6.45) is 3.28. The van der Waals surface area contributed by atoms with Gasteiger partial charge in [-0.1, -0.05) is 42.3 Å². The lowest BCUT2D eigenvalue weighted by Crippen LogP contribution is -2.39. The third-order valence-electron chi connectivity index (χ3n) is 6.67. The van der Waals surface area contributed by atoms with Gasteiger partial charge in [0, 0.05) is 26.9 Å². The Morgan fingerprint density at radius 3 is 2.55 bits per heavy atom. The second-order valence-corrected chi connectivity index (χ2v) is 12.5. The second-order valence-electron chi connectivity index (χ2n) is 9.40. The van der Waals surface area contributed by atoms with Gasteiger partial charge >= 0.3 is 6.18 Å². The maximum Gasteiger partial charge on any atom is 0.421 e. The molecule has 10 heteroatoms. The van der Waals surface area contributed by atoms with Crippen molar-refractivity contribution in [3.8, 4) is 23.6 Å². The van der Waals surface area contributed by atoms with Gasteiger partial charge in [0.2, 0.25) is 10.0 Å². The Morgan fingerprint density at radius 1 is 1.13 bits per heavy atom. The maximum atomic E-state index is 13.5. The molecule has 4 aromatic rings. The molecule has 5 rings (SSSR count). The van der Waals surface area contributed by atoms with Crippen molar-refractivity contribution in [1.29, 1.82) is 0 Å². The fourth-order valence-corrected chi connectivity index (χ4v) is 7.12. The molecule has 2 N–H and O–H groups in total. The molecule has 196 valence electrons. The fraction of sp³-hybridized carbons (Fsp3) is 0.250. The van der Waals surface area contributed by atoms with Crippen LogP contribution in [0.1, 0.15) is 47.4 Å². The first-order valence-corrected chi connectivity index (χ1v) is 14.1. The lowest BCUT2D eigenvalue weighted by Gasteiger charge is -2.26. The van der Waals surface area contributed by atoms with Gasteiger partial charge in [-0.25, -0.2) is 13.1 Å². The number of rotatable bonds is 7. The Hall–Kier alpha value is -3.23. The van der Waals surface area contributed by atoms with Crippen LogP contribution < -0.4 is 4.72 Å². The number of nitrogens with one attached hydrogen (secondary N) is 1. The van der Waals surface area contributed by atoms with E-state index in [1.165, 1.54) is 23.6 Å². The van der Waals surface area contributed by atoms with Crippen LogP contribution in [0, 0.1) is 12.3 Å². The first-order chi connectivity index (χ1) is 17.9. The number of hydrogen-bond acceptors (Lipinski definition) is 5. The molecule has 1 unspecified atom stereocenters. The number of thiophene rings is 1. The number of terminal acetylenes is 1. The third-order valence-corrected chi connectivity index (χ3v) is 9.83. The lowest BCUT2D eigenvalue weighted by atomic mass is 9.94. The Bertz CT molecular complexity index is 1670. The average molecular weight is 557 g/mol. The van der Waals surface area contributed by atoms with Crippen LogP contribution in [0.25, 0.3) is 21.3 Å². The third kappa shape index (κ3) is 4.83. The van der Waals surface area contributed by atoms with Crippen LogP contribution >= 0.6 is 11.3 Å². The molecule has 1 aliphatic rings. The zero-order valence-electron chi connectivity index (χ0n) is 20.2. The highest BCUT2D eigenvalue weighted by molar-refractivity contribution is 7.90. The van der Waals surface area contributed by atoms with Gasteiger partial charge in [-0.05, 0) is 60.5 Å². The number of benzene rings is 2. The zero-order chi connectivity index (χ0) is 27.3. The van der Waals surface area contributed by atoms with E-state index in [1.54, 1.807) is 36.4 Å². The van der Waals surface area contributed by atoms with Crippen molar-refractivity contribution in [2.45, 2.75) is 42.8 Å². The Balaban J connectivity index is 1.64. The van der Waals surface area contributed by atoms with E-state index in [9.17, 15) is 26.7 Å². The van der Waals surface area contributed by atoms with Crippen LogP contribution in [0.3, 0.4) is 0 Å². The molecule has 38 heavy (non-hydrogen) atoms. The number of fused-ring (bicyclic) bond motifs is 1. The Labute approximate surface area is 222 Å². The van der Waals surface area contributed by atoms with E-state index in [2.05, 4.69) is 15.6 Å². The van der Waals surface area contributed by atoms with Crippen LogP contribution in [0.5, 0.6) is 0 Å². The molecule has 0 bridgehead atoms. The minimum Gasteiger partial charge on any atom is -0.376 e. The second kappa shape index (κ2) is 9.50. The van der Waals surface area contributed by atoms with Crippen molar-refractivity contribution in [2.75, 3.05) is 0 Å². The number of hydrogen-bond donors (Lipinski definition) is 2. The van der Waals surface area contributed by atoms with E-state index in [-0.39, 0.29) is 11.3 Å². The molecule has 0 amide bonds. The highest BCUT2D eigenvalue weighted by Crippen LogP contribution is 2.42. The van der Waals surface area contributed by atoms with Gasteiger partial charge in [-0.3, -0.25) is 4.98 Å². The molecule has 1 saturated carbocycles. The van der Waals surface area contributed by atoms with Gasteiger partial charge < -0.3 is 5.11 Å². The van der Waals surface area contributed by atoms with Crippen LogP contribution in [0.15, 0.2) is 66.9 Å². The summed E-state index contributed by atoms with van der Waals surface area (Å²) in [5.41, 5.74) is -1.38. The number of aliphatic hydroxyl groups is 1. The largest absolute Gasteiger partial charge is 0.421 e. The van der Waals surface area contributed by atoms with E-state index < -0.39 is 33.1 Å². The van der Waals surface area contributed by atoms with Crippen molar-refractivity contribution in [3.05, 3.63) is 88.4 Å². The number of halogens is 3. The Morgan fingerprint density at radius 2 is 1.87 bits per heavy atom. The van der Waals surface area contributed by atoms with E-state index in [4.69, 9.17) is 6.42 Å². The first kappa shape index (κ1) is 26.4. The molecule has 0 aliphatic heterocycles. The quantitative estimate of drug-likeness (QED) is 0.279. The number of pyridine rings is 1. The van der Waals surface area contributed by atoms with E-state index in [0.29, 0.717) is 46.0 Å². The van der Waals surface area contributed by atoms with Crippen molar-refractivity contribution in [1.82, 2.24) is 9.71 Å². The lowest BCUT2D eigenvalue weighted by molar-refractivity contribution is -0.258. The summed E-state index contributed by atoms with van der Waals surface area (Å²) in [5, 5.41) is 10.5. The fourth-order valence-electron chi connectivity index (χ4n) is 4.27. The van der Waals surface area contributed by atoms with Gasteiger partial charge in [0.05, 0.1) is 17.0 Å². The molecular weight excluding hydrogens is 533 g/mol. The van der Waals surface area contributed by atoms with Crippen molar-refractivity contribution < 1.29 is 26.7 Å². The number of alkyl halides is 3. The van der Waals surface area contributed by atoms with E-state index >= 15 is 0 Å². The topological polar surface area (TPSA) is 79.3 Å². The monoisotopic (exact) mass is 556 g/mol. The first-order valence-electron chi connectivity index (χ1n) is 11.8. The SMILES string of the molecule is C#Cc1ccccc1C(NS(=O)(=O)C1CC1)c1cc2cccc(-c3cc([C@@](C)(O)C(F)(F)F)ccn3)c2s1. The van der Waals surface area contributed by atoms with Crippen LogP contribution in [-0.4, -0.2) is 29.9 Å². The minimum absolute atomic E-state index is 0.255. The van der Waals surface area contributed by atoms with Crippen LogP contribution in [0.2, 0.25) is 0 Å². The highest BCUT2D eigenvalue weighted by Gasteiger charge is 2.51. The molecule has 0 saturated heterocycles. The number of sulfonamides is 1. The summed E-state index contributed by atoms with van der Waals surface area (Å²) >= 11 is 1.31. The molecule has 2 atom stereocenters. The highest BCUT2D eigenvalue weighted by atomic mass is 32.2. The van der Waals surface area contributed by atoms with Gasteiger partial charge in [0.15, 0.2) is 5.60 Å². The number of nitrogens with zero attached hydrogens (tertiary/aromatic N) is 1. The molecule has 1 fully saturated rings. The molecule has 2 aromatic heterocycles. The minimum atomic E-state index is -4.87. The van der Waals surface area contributed by atoms with Crippen molar-refractivity contribution in [2.24, 2.45) is 0 Å². The molecule has 2 aromatic carbocycles. The van der Waals surface area contributed by atoms with Crippen molar-refractivity contribution in [3.63, 3.8) is 0 Å². The number of aromatic nitrogens is 1. The van der Waals surface area contributed by atoms with Gasteiger partial charge in [-0.2, -0.15) is 13.2 Å². The predicted molar refractivity (Wildman–Crippen MR) is 142 cm³/mol. The van der Waals surface area contributed by atoms with E-state index in [1.807, 2.05) is 12.1 Å². The summed E-state index contributed by atoms with van der Waals surface area (Å²) in [6.45, 7) is 0.704. The van der Waals surface area contributed by atoms with Crippen LogP contribution in [0.4, 0.5) is 13.2 Å².